The first-order chi connectivity index (χ1) is 5.45. The lowest BCUT2D eigenvalue weighted by atomic mass is 10.1. The number of furan rings is 1. The van der Waals surface area contributed by atoms with Crippen molar-refractivity contribution in [3.63, 3.8) is 0 Å². The van der Waals surface area contributed by atoms with Crippen molar-refractivity contribution < 1.29 is 4.42 Å². The summed E-state index contributed by atoms with van der Waals surface area (Å²) in [6, 6.07) is 8.12. The van der Waals surface area contributed by atoms with E-state index >= 15 is 0 Å². The molecule has 0 radical (unpaired) electrons. The Morgan fingerprint density at radius 3 is 3.00 bits per heavy atom. The van der Waals surface area contributed by atoms with Crippen LogP contribution in [0.1, 0.15) is 5.56 Å². The molecule has 11 heavy (non-hydrogen) atoms. The number of anilines is 1. The number of rotatable bonds is 0. The lowest BCUT2D eigenvalue weighted by molar-refractivity contribution is 0.607. The van der Waals surface area contributed by atoms with Crippen LogP contribution in [0.4, 0.5) is 5.88 Å². The summed E-state index contributed by atoms with van der Waals surface area (Å²) in [5.74, 6) is 0.950. The average molecular weight is 145 g/mol. The number of hydrogen-bond acceptors (Lipinski definition) is 2. The molecule has 2 nitrogen and oxygen atoms in total. The summed E-state index contributed by atoms with van der Waals surface area (Å²) >= 11 is 0. The highest BCUT2D eigenvalue weighted by molar-refractivity contribution is 5.88. The van der Waals surface area contributed by atoms with Crippen molar-refractivity contribution in [1.29, 1.82) is 0 Å². The Morgan fingerprint density at radius 2 is 2.18 bits per heavy atom. The SMILES string of the molecule is c1ccc2c3c(oc2c1)NC3. The highest BCUT2D eigenvalue weighted by Crippen LogP contribution is 2.35. The van der Waals surface area contributed by atoms with E-state index in [4.69, 9.17) is 4.42 Å². The summed E-state index contributed by atoms with van der Waals surface area (Å²) in [6.45, 7) is 0.951. The maximum absolute atomic E-state index is 5.47. The van der Waals surface area contributed by atoms with Gasteiger partial charge in [0.15, 0.2) is 5.88 Å². The molecule has 0 bridgehead atoms. The maximum atomic E-state index is 5.47. The van der Waals surface area contributed by atoms with Crippen LogP contribution in [0.5, 0.6) is 0 Å². The number of fused-ring (bicyclic) bond motifs is 3. The molecule has 2 aromatic rings. The Kier molecular flexibility index (Phi) is 0.756. The van der Waals surface area contributed by atoms with Crippen molar-refractivity contribution in [2.75, 3.05) is 5.32 Å². The second-order valence-electron chi connectivity index (χ2n) is 2.76. The maximum Gasteiger partial charge on any atom is 0.199 e. The lowest BCUT2D eigenvalue weighted by Gasteiger charge is -2.12. The van der Waals surface area contributed by atoms with E-state index in [2.05, 4.69) is 11.4 Å². The molecule has 0 saturated carbocycles. The van der Waals surface area contributed by atoms with E-state index in [1.54, 1.807) is 0 Å². The van der Waals surface area contributed by atoms with E-state index in [0.717, 1.165) is 18.0 Å². The van der Waals surface area contributed by atoms with Gasteiger partial charge in [-0.3, -0.25) is 0 Å². The summed E-state index contributed by atoms with van der Waals surface area (Å²) in [6.07, 6.45) is 0. The Labute approximate surface area is 63.8 Å². The molecule has 3 rings (SSSR count). The van der Waals surface area contributed by atoms with Crippen LogP contribution in [0.25, 0.3) is 11.0 Å². The Morgan fingerprint density at radius 1 is 1.27 bits per heavy atom. The van der Waals surface area contributed by atoms with E-state index in [1.807, 2.05) is 18.2 Å². The molecule has 0 amide bonds. The van der Waals surface area contributed by atoms with Gasteiger partial charge < -0.3 is 9.73 Å². The number of benzene rings is 1. The van der Waals surface area contributed by atoms with E-state index in [0.29, 0.717) is 0 Å². The minimum Gasteiger partial charge on any atom is -0.440 e. The fourth-order valence-electron chi connectivity index (χ4n) is 1.48. The smallest absolute Gasteiger partial charge is 0.199 e. The molecule has 0 saturated heterocycles. The summed E-state index contributed by atoms with van der Waals surface area (Å²) in [5.41, 5.74) is 2.31. The highest BCUT2D eigenvalue weighted by Gasteiger charge is 2.20. The molecule has 0 spiro atoms. The molecule has 1 aliphatic heterocycles. The first-order valence-corrected chi connectivity index (χ1v) is 3.69. The van der Waals surface area contributed by atoms with Crippen molar-refractivity contribution in [3.8, 4) is 0 Å². The minimum absolute atomic E-state index is 0.950. The van der Waals surface area contributed by atoms with Gasteiger partial charge in [0.1, 0.15) is 5.58 Å². The quantitative estimate of drug-likeness (QED) is 0.615. The normalized spacial score (nSPS) is 13.8. The second-order valence-corrected chi connectivity index (χ2v) is 2.76. The van der Waals surface area contributed by atoms with Crippen LogP contribution in [0, 0.1) is 0 Å². The van der Waals surface area contributed by atoms with Gasteiger partial charge in [0.2, 0.25) is 0 Å². The second kappa shape index (κ2) is 1.59. The van der Waals surface area contributed by atoms with E-state index in [1.165, 1.54) is 10.9 Å². The van der Waals surface area contributed by atoms with Gasteiger partial charge in [-0.15, -0.1) is 0 Å². The van der Waals surface area contributed by atoms with E-state index in [-0.39, 0.29) is 0 Å². The van der Waals surface area contributed by atoms with Gasteiger partial charge in [-0.05, 0) is 6.07 Å². The molecular weight excluding hydrogens is 138 g/mol. The largest absolute Gasteiger partial charge is 0.440 e. The fraction of sp³-hybridized carbons (Fsp3) is 0.111. The van der Waals surface area contributed by atoms with E-state index in [9.17, 15) is 0 Å². The first-order valence-electron chi connectivity index (χ1n) is 3.69. The zero-order chi connectivity index (χ0) is 7.26. The molecule has 2 heteroatoms. The summed E-state index contributed by atoms with van der Waals surface area (Å²) in [7, 11) is 0. The van der Waals surface area contributed by atoms with Crippen LogP contribution < -0.4 is 5.32 Å². The zero-order valence-electron chi connectivity index (χ0n) is 5.92. The van der Waals surface area contributed by atoms with Crippen molar-refractivity contribution in [2.45, 2.75) is 6.54 Å². The number of hydrogen-bond donors (Lipinski definition) is 1. The van der Waals surface area contributed by atoms with Gasteiger partial charge in [0, 0.05) is 17.5 Å². The predicted octanol–water partition coefficient (Wildman–Crippen LogP) is 2.36. The first kappa shape index (κ1) is 5.24. The van der Waals surface area contributed by atoms with Gasteiger partial charge in [-0.2, -0.15) is 0 Å². The van der Waals surface area contributed by atoms with Crippen molar-refractivity contribution in [1.82, 2.24) is 0 Å². The molecule has 0 aliphatic carbocycles. The molecule has 0 fully saturated rings. The van der Waals surface area contributed by atoms with Crippen LogP contribution in [0.3, 0.4) is 0 Å². The molecule has 2 heterocycles. The Bertz CT molecular complexity index is 416. The summed E-state index contributed by atoms with van der Waals surface area (Å²) in [5, 5.41) is 4.36. The lowest BCUT2D eigenvalue weighted by Crippen LogP contribution is -2.09. The highest BCUT2D eigenvalue weighted by atomic mass is 16.4. The van der Waals surface area contributed by atoms with Crippen LogP contribution >= 0.6 is 0 Å². The van der Waals surface area contributed by atoms with Gasteiger partial charge in [0.25, 0.3) is 0 Å². The van der Waals surface area contributed by atoms with Crippen molar-refractivity contribution in [3.05, 3.63) is 29.8 Å². The van der Waals surface area contributed by atoms with Gasteiger partial charge >= 0.3 is 0 Å². The van der Waals surface area contributed by atoms with Crippen LogP contribution in [0.2, 0.25) is 0 Å². The molecule has 0 unspecified atom stereocenters. The van der Waals surface area contributed by atoms with Crippen LogP contribution in [-0.4, -0.2) is 0 Å². The van der Waals surface area contributed by atoms with Gasteiger partial charge in [0.05, 0.1) is 0 Å². The third kappa shape index (κ3) is 0.522. The molecule has 1 aliphatic rings. The average Bonchev–Trinajstić information content (AvgIpc) is 2.23. The zero-order valence-corrected chi connectivity index (χ0v) is 5.92. The summed E-state index contributed by atoms with van der Waals surface area (Å²) in [4.78, 5) is 0. The summed E-state index contributed by atoms with van der Waals surface area (Å²) < 4.78 is 5.47. The monoisotopic (exact) mass is 145 g/mol. The number of para-hydroxylation sites is 1. The molecule has 1 aromatic heterocycles. The third-order valence-corrected chi connectivity index (χ3v) is 2.12. The topological polar surface area (TPSA) is 25.2 Å². The molecule has 54 valence electrons. The van der Waals surface area contributed by atoms with E-state index < -0.39 is 0 Å². The molecule has 0 atom stereocenters. The van der Waals surface area contributed by atoms with Crippen molar-refractivity contribution >= 4 is 16.9 Å². The van der Waals surface area contributed by atoms with Crippen LogP contribution in [-0.2, 0) is 6.54 Å². The van der Waals surface area contributed by atoms with Gasteiger partial charge in [-0.25, -0.2) is 0 Å². The van der Waals surface area contributed by atoms with Crippen molar-refractivity contribution in [2.24, 2.45) is 0 Å². The number of nitrogens with one attached hydrogen (secondary N) is 1. The third-order valence-electron chi connectivity index (χ3n) is 2.12. The standard InChI is InChI=1S/C9H7NO/c1-2-4-8-6(3-1)7-5-10-9(7)11-8/h1-4,10H,5H2. The molecule has 1 aromatic carbocycles. The molecule has 1 N–H and O–H groups in total. The van der Waals surface area contributed by atoms with Gasteiger partial charge in [-0.1, -0.05) is 18.2 Å². The predicted molar refractivity (Wildman–Crippen MR) is 43.5 cm³/mol. The minimum atomic E-state index is 0.950. The Balaban J connectivity index is 2.53. The molecular formula is C9H7NO. The van der Waals surface area contributed by atoms with Crippen LogP contribution in [0.15, 0.2) is 28.7 Å². The fourth-order valence-corrected chi connectivity index (χ4v) is 1.48. The Hall–Kier alpha value is -1.44.